The molecule has 1 aliphatic heterocycles. The lowest BCUT2D eigenvalue weighted by Crippen LogP contribution is -2.43. The van der Waals surface area contributed by atoms with Crippen molar-refractivity contribution in [2.75, 3.05) is 26.7 Å². The fraction of sp³-hybridized carbons (Fsp3) is 0.750. The van der Waals surface area contributed by atoms with Gasteiger partial charge in [-0.05, 0) is 45.3 Å². The monoisotopic (exact) mass is 225 g/mol. The molecule has 1 aliphatic rings. The zero-order chi connectivity index (χ0) is 12.0. The number of carbonyl (C=O) groups excluding carboxylic acids is 1. The normalized spacial score (nSPS) is 20.4. The minimum Gasteiger partial charge on any atom is -0.354 e. The summed E-state index contributed by atoms with van der Waals surface area (Å²) in [5, 5.41) is 2.92. The van der Waals surface area contributed by atoms with Gasteiger partial charge in [-0.3, -0.25) is 4.79 Å². The van der Waals surface area contributed by atoms with Crippen molar-refractivity contribution in [1.29, 1.82) is 0 Å². The quantitative estimate of drug-likeness (QED) is 0.664. The van der Waals surface area contributed by atoms with Crippen LogP contribution in [0.1, 0.15) is 19.3 Å². The molecule has 1 amide bonds. The molecule has 0 radical (unpaired) electrons. The van der Waals surface area contributed by atoms with Gasteiger partial charge in [0.1, 0.15) is 0 Å². The topological polar surface area (TPSA) is 58.4 Å². The molecule has 0 aromatic heterocycles. The van der Waals surface area contributed by atoms with Crippen LogP contribution in [0, 0.1) is 5.92 Å². The van der Waals surface area contributed by atoms with Crippen molar-refractivity contribution >= 4 is 5.91 Å². The summed E-state index contributed by atoms with van der Waals surface area (Å²) < 4.78 is 0. The highest BCUT2D eigenvalue weighted by molar-refractivity contribution is 5.81. The van der Waals surface area contributed by atoms with Gasteiger partial charge in [0.05, 0.1) is 6.04 Å². The van der Waals surface area contributed by atoms with Crippen LogP contribution in [0.5, 0.6) is 0 Å². The van der Waals surface area contributed by atoms with E-state index >= 15 is 0 Å². The predicted octanol–water partition coefficient (Wildman–Crippen LogP) is 0.348. The number of amides is 1. The summed E-state index contributed by atoms with van der Waals surface area (Å²) in [6.07, 6.45) is 4.54. The van der Waals surface area contributed by atoms with E-state index in [1.165, 1.54) is 0 Å². The molecule has 92 valence electrons. The Labute approximate surface area is 97.9 Å². The summed E-state index contributed by atoms with van der Waals surface area (Å²) >= 11 is 0. The third-order valence-electron chi connectivity index (χ3n) is 3.16. The number of likely N-dealkylation sites (tertiary alicyclic amines) is 1. The van der Waals surface area contributed by atoms with Gasteiger partial charge in [0, 0.05) is 6.54 Å². The maximum absolute atomic E-state index is 11.5. The first-order valence-electron chi connectivity index (χ1n) is 5.96. The van der Waals surface area contributed by atoms with Gasteiger partial charge in [0.15, 0.2) is 0 Å². The second-order valence-electron chi connectivity index (χ2n) is 4.62. The van der Waals surface area contributed by atoms with E-state index in [1.807, 2.05) is 0 Å². The molecule has 4 nitrogen and oxygen atoms in total. The van der Waals surface area contributed by atoms with Crippen molar-refractivity contribution in [2.24, 2.45) is 11.7 Å². The molecule has 0 saturated carbocycles. The molecule has 4 heteroatoms. The summed E-state index contributed by atoms with van der Waals surface area (Å²) in [6, 6.07) is -0.441. The van der Waals surface area contributed by atoms with Gasteiger partial charge in [0.25, 0.3) is 0 Å². The highest BCUT2D eigenvalue weighted by Crippen LogP contribution is 2.14. The van der Waals surface area contributed by atoms with Crippen LogP contribution in [-0.4, -0.2) is 43.5 Å². The molecule has 16 heavy (non-hydrogen) atoms. The number of nitrogens with one attached hydrogen (secondary N) is 1. The van der Waals surface area contributed by atoms with Crippen LogP contribution in [0.4, 0.5) is 0 Å². The summed E-state index contributed by atoms with van der Waals surface area (Å²) in [5.41, 5.74) is 5.67. The van der Waals surface area contributed by atoms with Gasteiger partial charge in [0.2, 0.25) is 5.91 Å². The zero-order valence-electron chi connectivity index (χ0n) is 10.1. The van der Waals surface area contributed by atoms with Crippen LogP contribution in [0.3, 0.4) is 0 Å². The van der Waals surface area contributed by atoms with Gasteiger partial charge in [-0.15, -0.1) is 6.58 Å². The molecule has 0 spiro atoms. The van der Waals surface area contributed by atoms with Gasteiger partial charge in [-0.1, -0.05) is 6.08 Å². The first-order chi connectivity index (χ1) is 7.63. The largest absolute Gasteiger partial charge is 0.354 e. The van der Waals surface area contributed by atoms with Crippen molar-refractivity contribution in [2.45, 2.75) is 25.3 Å². The fourth-order valence-electron chi connectivity index (χ4n) is 1.93. The average molecular weight is 225 g/mol. The standard InChI is InChI=1S/C12H23N3O/c1-3-4-11(13)12(16)14-9-10-5-7-15(2)8-6-10/h3,10-11H,1,4-9,13H2,2H3,(H,14,16). The van der Waals surface area contributed by atoms with Crippen LogP contribution in [-0.2, 0) is 4.79 Å². The van der Waals surface area contributed by atoms with Crippen molar-refractivity contribution in [3.8, 4) is 0 Å². The predicted molar refractivity (Wildman–Crippen MR) is 66.0 cm³/mol. The second kappa shape index (κ2) is 6.66. The first kappa shape index (κ1) is 13.2. The van der Waals surface area contributed by atoms with Gasteiger partial charge >= 0.3 is 0 Å². The molecule has 0 aliphatic carbocycles. The van der Waals surface area contributed by atoms with Crippen molar-refractivity contribution in [1.82, 2.24) is 10.2 Å². The summed E-state index contributed by atoms with van der Waals surface area (Å²) in [6.45, 7) is 6.59. The molecule has 1 fully saturated rings. The molecule has 0 bridgehead atoms. The van der Waals surface area contributed by atoms with Crippen molar-refractivity contribution < 1.29 is 4.79 Å². The lowest BCUT2D eigenvalue weighted by atomic mass is 9.97. The number of nitrogens with zero attached hydrogens (tertiary/aromatic N) is 1. The Morgan fingerprint density at radius 2 is 2.25 bits per heavy atom. The number of hydrogen-bond donors (Lipinski definition) is 2. The third kappa shape index (κ3) is 4.33. The van der Waals surface area contributed by atoms with Crippen LogP contribution in [0.15, 0.2) is 12.7 Å². The maximum Gasteiger partial charge on any atom is 0.237 e. The lowest BCUT2D eigenvalue weighted by Gasteiger charge is -2.29. The molecular formula is C12H23N3O. The number of piperidine rings is 1. The molecule has 1 unspecified atom stereocenters. The zero-order valence-corrected chi connectivity index (χ0v) is 10.1. The Morgan fingerprint density at radius 3 is 2.81 bits per heavy atom. The summed E-state index contributed by atoms with van der Waals surface area (Å²) in [7, 11) is 2.13. The lowest BCUT2D eigenvalue weighted by molar-refractivity contribution is -0.122. The first-order valence-corrected chi connectivity index (χ1v) is 5.96. The van der Waals surface area contributed by atoms with E-state index < -0.39 is 6.04 Å². The van der Waals surface area contributed by atoms with E-state index in [1.54, 1.807) is 6.08 Å². The van der Waals surface area contributed by atoms with Gasteiger partial charge in [-0.25, -0.2) is 0 Å². The minimum atomic E-state index is -0.441. The van der Waals surface area contributed by atoms with Gasteiger partial charge < -0.3 is 16.0 Å². The van der Waals surface area contributed by atoms with E-state index in [0.717, 1.165) is 32.5 Å². The molecule has 1 heterocycles. The van der Waals surface area contributed by atoms with E-state index in [-0.39, 0.29) is 5.91 Å². The Bertz CT molecular complexity index is 234. The van der Waals surface area contributed by atoms with Crippen LogP contribution in [0.25, 0.3) is 0 Å². The Morgan fingerprint density at radius 1 is 1.62 bits per heavy atom. The number of nitrogens with two attached hydrogens (primary N) is 1. The van der Waals surface area contributed by atoms with Crippen LogP contribution in [0.2, 0.25) is 0 Å². The second-order valence-corrected chi connectivity index (χ2v) is 4.62. The molecular weight excluding hydrogens is 202 g/mol. The van der Waals surface area contributed by atoms with E-state index in [9.17, 15) is 4.79 Å². The molecule has 1 atom stereocenters. The average Bonchev–Trinajstić information content (AvgIpc) is 2.28. The molecule has 1 rings (SSSR count). The summed E-state index contributed by atoms with van der Waals surface area (Å²) in [4.78, 5) is 13.9. The maximum atomic E-state index is 11.5. The third-order valence-corrected chi connectivity index (χ3v) is 3.16. The SMILES string of the molecule is C=CCC(N)C(=O)NCC1CCN(C)CC1. The highest BCUT2D eigenvalue weighted by Gasteiger charge is 2.18. The number of rotatable bonds is 5. The number of carbonyl (C=O) groups is 1. The van der Waals surface area contributed by atoms with Crippen LogP contribution < -0.4 is 11.1 Å². The van der Waals surface area contributed by atoms with Crippen molar-refractivity contribution in [3.05, 3.63) is 12.7 Å². The Hall–Kier alpha value is -0.870. The molecule has 0 aromatic rings. The highest BCUT2D eigenvalue weighted by atomic mass is 16.2. The Balaban J connectivity index is 2.18. The van der Waals surface area contributed by atoms with E-state index in [4.69, 9.17) is 5.73 Å². The molecule has 3 N–H and O–H groups in total. The van der Waals surface area contributed by atoms with Crippen molar-refractivity contribution in [3.63, 3.8) is 0 Å². The van der Waals surface area contributed by atoms with E-state index in [2.05, 4.69) is 23.8 Å². The molecule has 1 saturated heterocycles. The summed E-state index contributed by atoms with van der Waals surface area (Å²) in [5.74, 6) is 0.551. The van der Waals surface area contributed by atoms with Gasteiger partial charge in [-0.2, -0.15) is 0 Å². The van der Waals surface area contributed by atoms with E-state index in [0.29, 0.717) is 12.3 Å². The minimum absolute atomic E-state index is 0.0566. The number of hydrogen-bond acceptors (Lipinski definition) is 3. The smallest absolute Gasteiger partial charge is 0.237 e. The fourth-order valence-corrected chi connectivity index (χ4v) is 1.93. The molecule has 0 aromatic carbocycles. The Kier molecular flexibility index (Phi) is 5.49. The van der Waals surface area contributed by atoms with Crippen LogP contribution >= 0.6 is 0 Å².